The molecule has 0 unspecified atom stereocenters. The molecular formula is C27H27NO3. The van der Waals surface area contributed by atoms with E-state index >= 15 is 0 Å². The smallest absolute Gasteiger partial charge is 0.307 e. The lowest BCUT2D eigenvalue weighted by Crippen LogP contribution is -2.04. The lowest BCUT2D eigenvalue weighted by Gasteiger charge is -2.10. The first-order valence-corrected chi connectivity index (χ1v) is 10.5. The van der Waals surface area contributed by atoms with E-state index in [0.717, 1.165) is 39.0 Å². The highest BCUT2D eigenvalue weighted by molar-refractivity contribution is 5.78. The van der Waals surface area contributed by atoms with Crippen LogP contribution in [0.3, 0.4) is 0 Å². The number of nitrogens with zero attached hydrogens (tertiary/aromatic N) is 1. The minimum absolute atomic E-state index is 0.0378. The van der Waals surface area contributed by atoms with Crippen molar-refractivity contribution in [1.29, 1.82) is 0 Å². The van der Waals surface area contributed by atoms with E-state index in [1.165, 1.54) is 0 Å². The van der Waals surface area contributed by atoms with Crippen LogP contribution in [0.2, 0.25) is 0 Å². The van der Waals surface area contributed by atoms with E-state index < -0.39 is 5.97 Å². The van der Waals surface area contributed by atoms with Crippen molar-refractivity contribution in [2.45, 2.75) is 33.3 Å². The Morgan fingerprint density at radius 2 is 1.52 bits per heavy atom. The van der Waals surface area contributed by atoms with Gasteiger partial charge in [-0.05, 0) is 47.4 Å². The summed E-state index contributed by atoms with van der Waals surface area (Å²) < 4.78 is 5.88. The molecule has 0 amide bonds. The molecule has 0 radical (unpaired) electrons. The molecule has 4 nitrogen and oxygen atoms in total. The Balaban J connectivity index is 0.00000132. The number of para-hydroxylation sites is 1. The lowest BCUT2D eigenvalue weighted by molar-refractivity contribution is -0.136. The predicted molar refractivity (Wildman–Crippen MR) is 124 cm³/mol. The van der Waals surface area contributed by atoms with E-state index in [-0.39, 0.29) is 6.42 Å². The van der Waals surface area contributed by atoms with Crippen LogP contribution >= 0.6 is 0 Å². The summed E-state index contributed by atoms with van der Waals surface area (Å²) in [5.41, 5.74) is 4.84. The van der Waals surface area contributed by atoms with Crippen LogP contribution in [-0.4, -0.2) is 16.1 Å². The number of rotatable bonds is 7. The van der Waals surface area contributed by atoms with Gasteiger partial charge in [-0.1, -0.05) is 74.5 Å². The first kappa shape index (κ1) is 22.0. The average Bonchev–Trinajstić information content (AvgIpc) is 2.81. The number of pyridine rings is 1. The number of fused-ring (bicyclic) bond motifs is 1. The average molecular weight is 414 g/mol. The Kier molecular flexibility index (Phi) is 7.77. The largest absolute Gasteiger partial charge is 0.487 e. The summed E-state index contributed by atoms with van der Waals surface area (Å²) in [6.45, 7) is 4.41. The number of benzene rings is 3. The third kappa shape index (κ3) is 6.16. The molecule has 0 aliphatic heterocycles. The minimum atomic E-state index is -0.816. The minimum Gasteiger partial charge on any atom is -0.487 e. The highest BCUT2D eigenvalue weighted by atomic mass is 16.5. The van der Waals surface area contributed by atoms with Crippen molar-refractivity contribution in [3.63, 3.8) is 0 Å². The highest BCUT2D eigenvalue weighted by Gasteiger charge is 2.07. The van der Waals surface area contributed by atoms with Crippen LogP contribution in [0.5, 0.6) is 5.75 Å². The fraction of sp³-hybridized carbons (Fsp3) is 0.185. The second-order valence-electron chi connectivity index (χ2n) is 6.94. The van der Waals surface area contributed by atoms with Crippen molar-refractivity contribution in [3.8, 4) is 5.75 Å². The molecule has 0 atom stereocenters. The van der Waals surface area contributed by atoms with E-state index in [9.17, 15) is 4.79 Å². The standard InChI is InChI=1S/C25H21NO3.C2H6/c27-25(28)16-21-7-2-1-6-20(21)15-18-9-13-23(14-10-18)29-17-22-12-11-19-5-3-4-8-24(19)26-22;1-2/h1-14H,15-17H2,(H,27,28);1-2H3. The Labute approximate surface area is 183 Å². The number of carboxylic acid groups (broad SMARTS) is 1. The molecule has 4 rings (SSSR count). The monoisotopic (exact) mass is 413 g/mol. The molecule has 0 saturated carbocycles. The van der Waals surface area contributed by atoms with E-state index in [2.05, 4.69) is 11.1 Å². The van der Waals surface area contributed by atoms with Crippen molar-refractivity contribution in [2.24, 2.45) is 0 Å². The number of aromatic nitrogens is 1. The quantitative estimate of drug-likeness (QED) is 0.400. The number of carbonyl (C=O) groups is 1. The van der Waals surface area contributed by atoms with Crippen molar-refractivity contribution < 1.29 is 14.6 Å². The van der Waals surface area contributed by atoms with Gasteiger partial charge >= 0.3 is 5.97 Å². The first-order chi connectivity index (χ1) is 15.2. The van der Waals surface area contributed by atoms with Gasteiger partial charge in [0, 0.05) is 5.39 Å². The predicted octanol–water partition coefficient (Wildman–Crippen LogP) is 6.06. The molecule has 0 bridgehead atoms. The molecule has 1 N–H and O–H groups in total. The zero-order chi connectivity index (χ0) is 22.1. The second kappa shape index (κ2) is 10.9. The van der Waals surface area contributed by atoms with Gasteiger partial charge in [0.2, 0.25) is 0 Å². The van der Waals surface area contributed by atoms with Crippen molar-refractivity contribution in [2.75, 3.05) is 0 Å². The van der Waals surface area contributed by atoms with E-state index in [0.29, 0.717) is 13.0 Å². The summed E-state index contributed by atoms with van der Waals surface area (Å²) in [4.78, 5) is 15.7. The summed E-state index contributed by atoms with van der Waals surface area (Å²) in [6.07, 6.45) is 0.728. The third-order valence-corrected chi connectivity index (χ3v) is 4.82. The van der Waals surface area contributed by atoms with Gasteiger partial charge in [-0.15, -0.1) is 0 Å². The topological polar surface area (TPSA) is 59.4 Å². The summed E-state index contributed by atoms with van der Waals surface area (Å²) in [5.74, 6) is -0.0361. The maximum atomic E-state index is 11.1. The van der Waals surface area contributed by atoms with Crippen molar-refractivity contribution >= 4 is 16.9 Å². The molecule has 0 aliphatic carbocycles. The summed E-state index contributed by atoms with van der Waals surface area (Å²) in [7, 11) is 0. The zero-order valence-corrected chi connectivity index (χ0v) is 17.9. The summed E-state index contributed by atoms with van der Waals surface area (Å²) in [5, 5.41) is 10.2. The highest BCUT2D eigenvalue weighted by Crippen LogP contribution is 2.19. The molecule has 0 saturated heterocycles. The molecule has 1 heterocycles. The van der Waals surface area contributed by atoms with E-state index in [4.69, 9.17) is 9.84 Å². The SMILES string of the molecule is CC.O=C(O)Cc1ccccc1Cc1ccc(OCc2ccc3ccccc3n2)cc1. The second-order valence-corrected chi connectivity index (χ2v) is 6.94. The van der Waals surface area contributed by atoms with Crippen LogP contribution in [0.25, 0.3) is 10.9 Å². The molecular weight excluding hydrogens is 386 g/mol. The van der Waals surface area contributed by atoms with Gasteiger partial charge in [-0.2, -0.15) is 0 Å². The van der Waals surface area contributed by atoms with Crippen LogP contribution < -0.4 is 4.74 Å². The normalized spacial score (nSPS) is 10.3. The van der Waals surface area contributed by atoms with Crippen LogP contribution in [0.15, 0.2) is 84.9 Å². The van der Waals surface area contributed by atoms with Gasteiger partial charge in [0.1, 0.15) is 12.4 Å². The number of carboxylic acids is 1. The maximum absolute atomic E-state index is 11.1. The van der Waals surface area contributed by atoms with Gasteiger partial charge < -0.3 is 9.84 Å². The van der Waals surface area contributed by atoms with Crippen LogP contribution in [-0.2, 0) is 24.2 Å². The number of hydrogen-bond acceptors (Lipinski definition) is 3. The van der Waals surface area contributed by atoms with Crippen molar-refractivity contribution in [3.05, 3.63) is 107 Å². The lowest BCUT2D eigenvalue weighted by atomic mass is 9.98. The molecule has 31 heavy (non-hydrogen) atoms. The zero-order valence-electron chi connectivity index (χ0n) is 17.9. The Bertz CT molecular complexity index is 1140. The van der Waals surface area contributed by atoms with Gasteiger partial charge in [0.15, 0.2) is 0 Å². The molecule has 0 fully saturated rings. The van der Waals surface area contributed by atoms with Crippen LogP contribution in [0.1, 0.15) is 36.2 Å². The van der Waals surface area contributed by atoms with Crippen LogP contribution in [0.4, 0.5) is 0 Å². The third-order valence-electron chi connectivity index (χ3n) is 4.82. The van der Waals surface area contributed by atoms with Gasteiger partial charge in [0.25, 0.3) is 0 Å². The number of hydrogen-bond donors (Lipinski definition) is 1. The maximum Gasteiger partial charge on any atom is 0.307 e. The number of aliphatic carboxylic acids is 1. The van der Waals surface area contributed by atoms with Crippen molar-refractivity contribution in [1.82, 2.24) is 4.98 Å². The fourth-order valence-corrected chi connectivity index (χ4v) is 3.33. The Morgan fingerprint density at radius 1 is 0.839 bits per heavy atom. The Hall–Kier alpha value is -3.66. The van der Waals surface area contributed by atoms with Gasteiger partial charge in [-0.25, -0.2) is 4.98 Å². The molecule has 4 heteroatoms. The molecule has 0 aliphatic rings. The van der Waals surface area contributed by atoms with Gasteiger partial charge in [0.05, 0.1) is 17.6 Å². The van der Waals surface area contributed by atoms with Crippen LogP contribution in [0, 0.1) is 0 Å². The molecule has 0 spiro atoms. The van der Waals surface area contributed by atoms with Gasteiger partial charge in [-0.3, -0.25) is 4.79 Å². The fourth-order valence-electron chi connectivity index (χ4n) is 3.33. The van der Waals surface area contributed by atoms with E-state index in [1.807, 2.05) is 92.7 Å². The first-order valence-electron chi connectivity index (χ1n) is 10.5. The molecule has 1 aromatic heterocycles. The number of ether oxygens (including phenoxy) is 1. The summed E-state index contributed by atoms with van der Waals surface area (Å²) >= 11 is 0. The molecule has 3 aromatic carbocycles. The molecule has 4 aromatic rings. The molecule has 158 valence electrons. The Morgan fingerprint density at radius 3 is 2.26 bits per heavy atom. The van der Waals surface area contributed by atoms with E-state index in [1.54, 1.807) is 0 Å². The summed E-state index contributed by atoms with van der Waals surface area (Å²) in [6, 6.07) is 27.6.